The minimum atomic E-state index is -0.330. The Morgan fingerprint density at radius 3 is 2.62 bits per heavy atom. The third-order valence-corrected chi connectivity index (χ3v) is 2.91. The first kappa shape index (κ1) is 12.8. The van der Waals surface area contributed by atoms with E-state index in [2.05, 4.69) is 0 Å². The SMILES string of the molecule is COC(=O)c1ccccc1CCSC(C)=O. The van der Waals surface area contributed by atoms with Crippen LogP contribution in [-0.4, -0.2) is 23.9 Å². The predicted octanol–water partition coefficient (Wildman–Crippen LogP) is 2.30. The minimum absolute atomic E-state index is 0.0931. The molecule has 0 spiro atoms. The number of aryl methyl sites for hydroxylation is 1. The van der Waals surface area contributed by atoms with Crippen LogP contribution in [0.1, 0.15) is 22.8 Å². The number of thioether (sulfide) groups is 1. The molecular formula is C12H14O3S. The molecule has 0 amide bonds. The second-order valence-electron chi connectivity index (χ2n) is 3.24. The normalized spacial score (nSPS) is 9.88. The molecule has 0 N–H and O–H groups in total. The number of hydrogen-bond donors (Lipinski definition) is 0. The van der Waals surface area contributed by atoms with Crippen molar-refractivity contribution in [3.8, 4) is 0 Å². The molecule has 0 atom stereocenters. The van der Waals surface area contributed by atoms with Gasteiger partial charge in [-0.05, 0) is 18.1 Å². The van der Waals surface area contributed by atoms with E-state index >= 15 is 0 Å². The third-order valence-electron chi connectivity index (χ3n) is 2.10. The van der Waals surface area contributed by atoms with Crippen molar-refractivity contribution in [3.63, 3.8) is 0 Å². The molecular weight excluding hydrogens is 224 g/mol. The van der Waals surface area contributed by atoms with E-state index in [0.717, 1.165) is 5.56 Å². The third kappa shape index (κ3) is 3.70. The summed E-state index contributed by atoms with van der Waals surface area (Å²) in [6.45, 7) is 1.54. The van der Waals surface area contributed by atoms with Crippen LogP contribution in [-0.2, 0) is 16.0 Å². The molecule has 0 radical (unpaired) electrons. The molecule has 0 saturated carbocycles. The Hall–Kier alpha value is -1.29. The van der Waals surface area contributed by atoms with Gasteiger partial charge in [0.1, 0.15) is 0 Å². The van der Waals surface area contributed by atoms with Gasteiger partial charge in [-0.2, -0.15) is 0 Å². The first-order chi connectivity index (χ1) is 7.65. The fourth-order valence-corrected chi connectivity index (χ4v) is 1.96. The Morgan fingerprint density at radius 2 is 2.00 bits per heavy atom. The quantitative estimate of drug-likeness (QED) is 0.755. The summed E-state index contributed by atoms with van der Waals surface area (Å²) in [7, 11) is 1.36. The van der Waals surface area contributed by atoms with Gasteiger partial charge >= 0.3 is 5.97 Å². The minimum Gasteiger partial charge on any atom is -0.465 e. The van der Waals surface area contributed by atoms with Crippen LogP contribution < -0.4 is 0 Å². The fraction of sp³-hybridized carbons (Fsp3) is 0.333. The van der Waals surface area contributed by atoms with Gasteiger partial charge in [0.15, 0.2) is 5.12 Å². The summed E-state index contributed by atoms with van der Waals surface area (Å²) >= 11 is 1.26. The highest BCUT2D eigenvalue weighted by Gasteiger charge is 2.10. The van der Waals surface area contributed by atoms with Gasteiger partial charge in [0.05, 0.1) is 12.7 Å². The number of carbonyl (C=O) groups excluding carboxylic acids is 2. The van der Waals surface area contributed by atoms with Crippen molar-refractivity contribution in [1.82, 2.24) is 0 Å². The Labute approximate surface area is 99.2 Å². The molecule has 0 heterocycles. The maximum absolute atomic E-state index is 11.4. The monoisotopic (exact) mass is 238 g/mol. The van der Waals surface area contributed by atoms with Crippen molar-refractivity contribution in [2.75, 3.05) is 12.9 Å². The van der Waals surface area contributed by atoms with E-state index in [1.807, 2.05) is 12.1 Å². The number of rotatable bonds is 4. The second kappa shape index (κ2) is 6.33. The van der Waals surface area contributed by atoms with E-state index in [1.165, 1.54) is 25.8 Å². The van der Waals surface area contributed by atoms with Crippen LogP contribution in [0.2, 0.25) is 0 Å². The summed E-state index contributed by atoms with van der Waals surface area (Å²) < 4.78 is 4.69. The van der Waals surface area contributed by atoms with Gasteiger partial charge in [0.25, 0.3) is 0 Å². The lowest BCUT2D eigenvalue weighted by atomic mass is 10.1. The zero-order chi connectivity index (χ0) is 12.0. The molecule has 0 saturated heterocycles. The van der Waals surface area contributed by atoms with E-state index < -0.39 is 0 Å². The zero-order valence-electron chi connectivity index (χ0n) is 9.36. The van der Waals surface area contributed by atoms with Gasteiger partial charge in [0, 0.05) is 12.7 Å². The first-order valence-corrected chi connectivity index (χ1v) is 5.93. The Balaban J connectivity index is 2.71. The fourth-order valence-electron chi connectivity index (χ4n) is 1.35. The van der Waals surface area contributed by atoms with Crippen molar-refractivity contribution in [2.45, 2.75) is 13.3 Å². The van der Waals surface area contributed by atoms with Crippen molar-refractivity contribution in [3.05, 3.63) is 35.4 Å². The smallest absolute Gasteiger partial charge is 0.338 e. The van der Waals surface area contributed by atoms with Crippen LogP contribution in [0.3, 0.4) is 0 Å². The lowest BCUT2D eigenvalue weighted by Gasteiger charge is -2.06. The van der Waals surface area contributed by atoms with Crippen LogP contribution in [0.15, 0.2) is 24.3 Å². The molecule has 0 fully saturated rings. The molecule has 0 aliphatic carbocycles. The predicted molar refractivity (Wildman–Crippen MR) is 64.6 cm³/mol. The number of ether oxygens (including phenoxy) is 1. The lowest BCUT2D eigenvalue weighted by Crippen LogP contribution is -2.06. The van der Waals surface area contributed by atoms with Crippen molar-refractivity contribution in [2.24, 2.45) is 0 Å². The van der Waals surface area contributed by atoms with Crippen LogP contribution >= 0.6 is 11.8 Å². The van der Waals surface area contributed by atoms with Gasteiger partial charge in [-0.3, -0.25) is 4.79 Å². The highest BCUT2D eigenvalue weighted by atomic mass is 32.2. The Kier molecular flexibility index (Phi) is 5.05. The summed E-state index contributed by atoms with van der Waals surface area (Å²) in [5, 5.41) is 0.0931. The van der Waals surface area contributed by atoms with E-state index in [9.17, 15) is 9.59 Å². The lowest BCUT2D eigenvalue weighted by molar-refractivity contribution is -0.109. The summed E-state index contributed by atoms with van der Waals surface area (Å²) in [5.41, 5.74) is 1.50. The maximum atomic E-state index is 11.4. The number of benzene rings is 1. The van der Waals surface area contributed by atoms with E-state index in [-0.39, 0.29) is 11.1 Å². The van der Waals surface area contributed by atoms with E-state index in [0.29, 0.717) is 17.7 Å². The molecule has 86 valence electrons. The Morgan fingerprint density at radius 1 is 1.31 bits per heavy atom. The van der Waals surface area contributed by atoms with Crippen molar-refractivity contribution < 1.29 is 14.3 Å². The summed E-state index contributed by atoms with van der Waals surface area (Å²) in [6, 6.07) is 7.29. The van der Waals surface area contributed by atoms with Crippen LogP contribution in [0.4, 0.5) is 0 Å². The summed E-state index contributed by atoms with van der Waals surface area (Å²) in [5.74, 6) is 0.354. The zero-order valence-corrected chi connectivity index (χ0v) is 10.2. The van der Waals surface area contributed by atoms with Crippen molar-refractivity contribution >= 4 is 22.8 Å². The van der Waals surface area contributed by atoms with E-state index in [4.69, 9.17) is 4.74 Å². The molecule has 1 aromatic carbocycles. The molecule has 0 aromatic heterocycles. The molecule has 1 aromatic rings. The van der Waals surface area contributed by atoms with Crippen LogP contribution in [0.5, 0.6) is 0 Å². The molecule has 16 heavy (non-hydrogen) atoms. The molecule has 0 unspecified atom stereocenters. The van der Waals surface area contributed by atoms with Crippen molar-refractivity contribution in [1.29, 1.82) is 0 Å². The van der Waals surface area contributed by atoms with Crippen LogP contribution in [0.25, 0.3) is 0 Å². The first-order valence-electron chi connectivity index (χ1n) is 4.94. The molecule has 0 aliphatic rings. The molecule has 0 aliphatic heterocycles. The average Bonchev–Trinajstić information content (AvgIpc) is 2.28. The highest BCUT2D eigenvalue weighted by molar-refractivity contribution is 8.13. The average molecular weight is 238 g/mol. The number of hydrogen-bond acceptors (Lipinski definition) is 4. The standard InChI is InChI=1S/C12H14O3S/c1-9(13)16-8-7-10-5-3-4-6-11(10)12(14)15-2/h3-6H,7-8H2,1-2H3. The maximum Gasteiger partial charge on any atom is 0.338 e. The molecule has 0 bridgehead atoms. The van der Waals surface area contributed by atoms with E-state index in [1.54, 1.807) is 12.1 Å². The van der Waals surface area contributed by atoms with Gasteiger partial charge in [-0.15, -0.1) is 0 Å². The van der Waals surface area contributed by atoms with Crippen LogP contribution in [0, 0.1) is 0 Å². The summed E-state index contributed by atoms with van der Waals surface area (Å²) in [4.78, 5) is 22.2. The van der Waals surface area contributed by atoms with Gasteiger partial charge < -0.3 is 4.74 Å². The number of esters is 1. The molecule has 3 nitrogen and oxygen atoms in total. The Bertz CT molecular complexity index is 388. The second-order valence-corrected chi connectivity index (χ2v) is 4.51. The molecule has 1 rings (SSSR count). The molecule has 4 heteroatoms. The van der Waals surface area contributed by atoms with Gasteiger partial charge in [-0.1, -0.05) is 30.0 Å². The number of carbonyl (C=O) groups is 2. The summed E-state index contributed by atoms with van der Waals surface area (Å²) in [6.07, 6.45) is 0.690. The number of methoxy groups -OCH3 is 1. The van der Waals surface area contributed by atoms with Gasteiger partial charge in [-0.25, -0.2) is 4.79 Å². The topological polar surface area (TPSA) is 43.4 Å². The highest BCUT2D eigenvalue weighted by Crippen LogP contribution is 2.13. The van der Waals surface area contributed by atoms with Gasteiger partial charge in [0.2, 0.25) is 0 Å². The largest absolute Gasteiger partial charge is 0.465 e.